The predicted molar refractivity (Wildman–Crippen MR) is 61.8 cm³/mol. The van der Waals surface area contributed by atoms with E-state index in [1.54, 1.807) is 6.07 Å². The Labute approximate surface area is 90.9 Å². The van der Waals surface area contributed by atoms with Crippen LogP contribution in [0.3, 0.4) is 0 Å². The first-order valence-corrected chi connectivity index (χ1v) is 5.84. The van der Waals surface area contributed by atoms with Crippen molar-refractivity contribution < 1.29 is 4.39 Å². The summed E-state index contributed by atoms with van der Waals surface area (Å²) in [6.07, 6.45) is 4.56. The molecule has 0 atom stereocenters. The van der Waals surface area contributed by atoms with Gasteiger partial charge in [0, 0.05) is 13.1 Å². The number of aryl methyl sites for hydroxylation is 1. The summed E-state index contributed by atoms with van der Waals surface area (Å²) < 4.78 is 13.8. The molecule has 0 aliphatic carbocycles. The smallest absolute Gasteiger partial charge is 0.146 e. The number of benzene rings is 1. The Kier molecular flexibility index (Phi) is 3.24. The number of nitrogens with zero attached hydrogens (tertiary/aromatic N) is 1. The summed E-state index contributed by atoms with van der Waals surface area (Å²) in [6.45, 7) is 4.06. The lowest BCUT2D eigenvalue weighted by Gasteiger charge is -2.29. The van der Waals surface area contributed by atoms with Crippen molar-refractivity contribution in [2.24, 2.45) is 0 Å². The van der Waals surface area contributed by atoms with Crippen molar-refractivity contribution in [3.63, 3.8) is 0 Å². The molecule has 0 saturated carbocycles. The number of hydrogen-bond donors (Lipinski definition) is 0. The Morgan fingerprint density at radius 2 is 1.93 bits per heavy atom. The van der Waals surface area contributed by atoms with Crippen LogP contribution in [0.25, 0.3) is 0 Å². The molecule has 1 nitrogen and oxygen atoms in total. The van der Waals surface area contributed by atoms with Gasteiger partial charge in [-0.15, -0.1) is 0 Å². The summed E-state index contributed by atoms with van der Waals surface area (Å²) in [7, 11) is 0. The van der Waals surface area contributed by atoms with E-state index in [1.807, 2.05) is 12.1 Å². The Morgan fingerprint density at radius 1 is 1.20 bits per heavy atom. The van der Waals surface area contributed by atoms with Gasteiger partial charge in [-0.2, -0.15) is 0 Å². The van der Waals surface area contributed by atoms with Crippen LogP contribution in [0.1, 0.15) is 31.7 Å². The summed E-state index contributed by atoms with van der Waals surface area (Å²) >= 11 is 0. The second-order valence-corrected chi connectivity index (χ2v) is 4.19. The first-order chi connectivity index (χ1) is 7.31. The van der Waals surface area contributed by atoms with Crippen molar-refractivity contribution in [2.45, 2.75) is 32.6 Å². The van der Waals surface area contributed by atoms with Gasteiger partial charge in [0.15, 0.2) is 0 Å². The van der Waals surface area contributed by atoms with E-state index in [9.17, 15) is 4.39 Å². The number of halogens is 1. The molecule has 2 heteroatoms. The zero-order chi connectivity index (χ0) is 10.7. The SMILES string of the molecule is CCc1ccc(N2CCCCC2)c(F)c1. The van der Waals surface area contributed by atoms with Crippen molar-refractivity contribution in [1.82, 2.24) is 0 Å². The van der Waals surface area contributed by atoms with Gasteiger partial charge in [0.25, 0.3) is 0 Å². The minimum atomic E-state index is -0.0590. The van der Waals surface area contributed by atoms with Crippen LogP contribution in [0.2, 0.25) is 0 Å². The van der Waals surface area contributed by atoms with Crippen LogP contribution in [0, 0.1) is 5.82 Å². The van der Waals surface area contributed by atoms with Gasteiger partial charge in [0.1, 0.15) is 5.82 Å². The normalized spacial score (nSPS) is 16.8. The van der Waals surface area contributed by atoms with Crippen LogP contribution < -0.4 is 4.90 Å². The first kappa shape index (κ1) is 10.5. The average Bonchev–Trinajstić information content (AvgIpc) is 2.30. The maximum atomic E-state index is 13.8. The number of rotatable bonds is 2. The van der Waals surface area contributed by atoms with Crippen molar-refractivity contribution in [2.75, 3.05) is 18.0 Å². The molecule has 2 rings (SSSR count). The highest BCUT2D eigenvalue weighted by atomic mass is 19.1. The summed E-state index contributed by atoms with van der Waals surface area (Å²) in [5.74, 6) is -0.0590. The zero-order valence-electron chi connectivity index (χ0n) is 9.30. The molecule has 82 valence electrons. The molecule has 15 heavy (non-hydrogen) atoms. The van der Waals surface area contributed by atoms with Gasteiger partial charge in [-0.25, -0.2) is 4.39 Å². The molecule has 0 bridgehead atoms. The molecule has 0 N–H and O–H groups in total. The van der Waals surface area contributed by atoms with E-state index in [2.05, 4.69) is 11.8 Å². The van der Waals surface area contributed by atoms with Gasteiger partial charge in [-0.3, -0.25) is 0 Å². The second-order valence-electron chi connectivity index (χ2n) is 4.19. The van der Waals surface area contributed by atoms with Crippen molar-refractivity contribution in [1.29, 1.82) is 0 Å². The summed E-state index contributed by atoms with van der Waals surface area (Å²) in [6, 6.07) is 5.64. The van der Waals surface area contributed by atoms with E-state index in [0.29, 0.717) is 0 Å². The highest BCUT2D eigenvalue weighted by Crippen LogP contribution is 2.24. The predicted octanol–water partition coefficient (Wildman–Crippen LogP) is 3.38. The third kappa shape index (κ3) is 2.31. The lowest BCUT2D eigenvalue weighted by molar-refractivity contribution is 0.556. The molecule has 0 aromatic heterocycles. The van der Waals surface area contributed by atoms with Gasteiger partial charge in [-0.05, 0) is 43.4 Å². The van der Waals surface area contributed by atoms with Crippen LogP contribution >= 0.6 is 0 Å². The lowest BCUT2D eigenvalue weighted by Crippen LogP contribution is -2.30. The number of anilines is 1. The standard InChI is InChI=1S/C13H18FN/c1-2-11-6-7-13(12(14)10-11)15-8-4-3-5-9-15/h6-7,10H,2-5,8-9H2,1H3. The second kappa shape index (κ2) is 4.65. The van der Waals surface area contributed by atoms with Crippen LogP contribution in [0.5, 0.6) is 0 Å². The van der Waals surface area contributed by atoms with E-state index in [1.165, 1.54) is 19.3 Å². The molecule has 1 aliphatic heterocycles. The van der Waals surface area contributed by atoms with Crippen molar-refractivity contribution >= 4 is 5.69 Å². The molecule has 0 amide bonds. The van der Waals surface area contributed by atoms with E-state index in [-0.39, 0.29) is 5.82 Å². The molecule has 1 heterocycles. The monoisotopic (exact) mass is 207 g/mol. The van der Waals surface area contributed by atoms with Crippen LogP contribution in [0.15, 0.2) is 18.2 Å². The molecule has 1 aromatic rings. The molecule has 1 fully saturated rings. The fourth-order valence-corrected chi connectivity index (χ4v) is 2.16. The van der Waals surface area contributed by atoms with Crippen LogP contribution in [-0.2, 0) is 6.42 Å². The van der Waals surface area contributed by atoms with Crippen molar-refractivity contribution in [3.05, 3.63) is 29.6 Å². The number of piperidine rings is 1. The molecule has 0 spiro atoms. The van der Waals surface area contributed by atoms with Crippen LogP contribution in [0.4, 0.5) is 10.1 Å². The fourth-order valence-electron chi connectivity index (χ4n) is 2.16. The summed E-state index contributed by atoms with van der Waals surface area (Å²) in [5.41, 5.74) is 1.86. The largest absolute Gasteiger partial charge is 0.369 e. The van der Waals surface area contributed by atoms with E-state index in [4.69, 9.17) is 0 Å². The molecule has 1 saturated heterocycles. The highest BCUT2D eigenvalue weighted by molar-refractivity contribution is 5.49. The molecule has 0 unspecified atom stereocenters. The molecule has 1 aliphatic rings. The third-order valence-electron chi connectivity index (χ3n) is 3.12. The fraction of sp³-hybridized carbons (Fsp3) is 0.538. The van der Waals surface area contributed by atoms with Gasteiger partial charge < -0.3 is 4.90 Å². The first-order valence-electron chi connectivity index (χ1n) is 5.84. The number of hydrogen-bond acceptors (Lipinski definition) is 1. The molecular formula is C13H18FN. The maximum absolute atomic E-state index is 13.8. The molecule has 0 radical (unpaired) electrons. The maximum Gasteiger partial charge on any atom is 0.146 e. The van der Waals surface area contributed by atoms with E-state index >= 15 is 0 Å². The zero-order valence-corrected chi connectivity index (χ0v) is 9.30. The Hall–Kier alpha value is -1.05. The Bertz CT molecular complexity index is 329. The highest BCUT2D eigenvalue weighted by Gasteiger charge is 2.14. The quantitative estimate of drug-likeness (QED) is 0.718. The van der Waals surface area contributed by atoms with E-state index in [0.717, 1.165) is 30.8 Å². The lowest BCUT2D eigenvalue weighted by atomic mass is 10.1. The van der Waals surface area contributed by atoms with Gasteiger partial charge in [-0.1, -0.05) is 13.0 Å². The topological polar surface area (TPSA) is 3.24 Å². The molecule has 1 aromatic carbocycles. The van der Waals surface area contributed by atoms with Crippen LogP contribution in [-0.4, -0.2) is 13.1 Å². The van der Waals surface area contributed by atoms with Gasteiger partial charge >= 0.3 is 0 Å². The average molecular weight is 207 g/mol. The Morgan fingerprint density at radius 3 is 2.53 bits per heavy atom. The molecular weight excluding hydrogens is 189 g/mol. The van der Waals surface area contributed by atoms with E-state index < -0.39 is 0 Å². The summed E-state index contributed by atoms with van der Waals surface area (Å²) in [5, 5.41) is 0. The third-order valence-corrected chi connectivity index (χ3v) is 3.12. The Balaban J connectivity index is 2.19. The van der Waals surface area contributed by atoms with Gasteiger partial charge in [0.05, 0.1) is 5.69 Å². The van der Waals surface area contributed by atoms with Crippen molar-refractivity contribution in [3.8, 4) is 0 Å². The summed E-state index contributed by atoms with van der Waals surface area (Å²) in [4.78, 5) is 2.16. The minimum absolute atomic E-state index is 0.0590. The minimum Gasteiger partial charge on any atom is -0.369 e. The van der Waals surface area contributed by atoms with Gasteiger partial charge in [0.2, 0.25) is 0 Å².